The summed E-state index contributed by atoms with van der Waals surface area (Å²) in [5.74, 6) is 1.36. The number of hydrogen-bond donors (Lipinski definition) is 1. The monoisotopic (exact) mass is 205 g/mol. The van der Waals surface area contributed by atoms with E-state index in [1.54, 1.807) is 12.4 Å². The third-order valence-corrected chi connectivity index (χ3v) is 2.30. The van der Waals surface area contributed by atoms with E-state index >= 15 is 0 Å². The van der Waals surface area contributed by atoms with Crippen LogP contribution in [0, 0.1) is 5.92 Å². The number of nitrogens with zero attached hydrogens (tertiary/aromatic N) is 4. The molecular formula is C10H15N5. The van der Waals surface area contributed by atoms with Crippen molar-refractivity contribution < 1.29 is 0 Å². The molecule has 2 heterocycles. The average Bonchev–Trinajstić information content (AvgIpc) is 2.59. The van der Waals surface area contributed by atoms with Crippen molar-refractivity contribution in [3.8, 4) is 0 Å². The van der Waals surface area contributed by atoms with E-state index in [1.807, 2.05) is 10.6 Å². The van der Waals surface area contributed by atoms with Gasteiger partial charge >= 0.3 is 0 Å². The minimum absolute atomic E-state index is 0.0672. The van der Waals surface area contributed by atoms with E-state index in [4.69, 9.17) is 5.73 Å². The van der Waals surface area contributed by atoms with Gasteiger partial charge in [0.25, 0.3) is 0 Å². The second kappa shape index (κ2) is 3.94. The molecule has 2 N–H and O–H groups in total. The third kappa shape index (κ3) is 1.97. The Morgan fingerprint density at radius 1 is 1.40 bits per heavy atom. The minimum atomic E-state index is -0.0672. The minimum Gasteiger partial charge on any atom is -0.321 e. The second-order valence-electron chi connectivity index (χ2n) is 4.10. The van der Waals surface area contributed by atoms with Gasteiger partial charge in [-0.2, -0.15) is 0 Å². The van der Waals surface area contributed by atoms with E-state index in [1.165, 1.54) is 0 Å². The molecule has 2 aromatic heterocycles. The van der Waals surface area contributed by atoms with E-state index in [9.17, 15) is 0 Å². The van der Waals surface area contributed by atoms with E-state index in [-0.39, 0.29) is 6.04 Å². The fraction of sp³-hybridized carbons (Fsp3) is 0.500. The molecule has 15 heavy (non-hydrogen) atoms. The highest BCUT2D eigenvalue weighted by molar-refractivity contribution is 5.34. The summed E-state index contributed by atoms with van der Waals surface area (Å²) in [6.45, 7) is 4.29. The first-order valence-electron chi connectivity index (χ1n) is 5.08. The summed E-state index contributed by atoms with van der Waals surface area (Å²) in [7, 11) is 0. The molecule has 0 saturated carbocycles. The van der Waals surface area contributed by atoms with E-state index < -0.39 is 0 Å². The van der Waals surface area contributed by atoms with Gasteiger partial charge in [0.05, 0.1) is 12.2 Å². The molecule has 0 aliphatic carbocycles. The molecule has 0 aliphatic rings. The second-order valence-corrected chi connectivity index (χ2v) is 4.10. The van der Waals surface area contributed by atoms with Crippen LogP contribution in [0.3, 0.4) is 0 Å². The smallest absolute Gasteiger partial charge is 0.179 e. The van der Waals surface area contributed by atoms with Crippen LogP contribution in [0.15, 0.2) is 18.6 Å². The van der Waals surface area contributed by atoms with Crippen molar-refractivity contribution in [2.45, 2.75) is 26.3 Å². The molecule has 0 aromatic carbocycles. The van der Waals surface area contributed by atoms with Crippen molar-refractivity contribution in [3.05, 3.63) is 24.4 Å². The van der Waals surface area contributed by atoms with Crippen molar-refractivity contribution in [1.82, 2.24) is 19.6 Å². The summed E-state index contributed by atoms with van der Waals surface area (Å²) >= 11 is 0. The SMILES string of the molecule is CC(C)CC(N)c1nnc2cnccn12. The Morgan fingerprint density at radius 3 is 2.93 bits per heavy atom. The largest absolute Gasteiger partial charge is 0.321 e. The maximum Gasteiger partial charge on any atom is 0.179 e. The van der Waals surface area contributed by atoms with Gasteiger partial charge < -0.3 is 5.73 Å². The molecule has 0 spiro atoms. The molecule has 1 unspecified atom stereocenters. The lowest BCUT2D eigenvalue weighted by Gasteiger charge is -2.11. The van der Waals surface area contributed by atoms with Crippen molar-refractivity contribution >= 4 is 5.65 Å². The summed E-state index contributed by atoms with van der Waals surface area (Å²) in [5.41, 5.74) is 6.81. The van der Waals surface area contributed by atoms with Crippen LogP contribution in [-0.2, 0) is 0 Å². The van der Waals surface area contributed by atoms with Crippen molar-refractivity contribution in [3.63, 3.8) is 0 Å². The van der Waals surface area contributed by atoms with Gasteiger partial charge in [-0.3, -0.25) is 9.38 Å². The zero-order valence-electron chi connectivity index (χ0n) is 8.96. The average molecular weight is 205 g/mol. The predicted octanol–water partition coefficient (Wildman–Crippen LogP) is 1.17. The van der Waals surface area contributed by atoms with Gasteiger partial charge in [0.2, 0.25) is 0 Å². The van der Waals surface area contributed by atoms with Crippen LogP contribution >= 0.6 is 0 Å². The van der Waals surface area contributed by atoms with Crippen LogP contribution in [0.25, 0.3) is 5.65 Å². The molecule has 0 fully saturated rings. The molecule has 2 rings (SSSR count). The molecule has 5 heteroatoms. The van der Waals surface area contributed by atoms with E-state index in [2.05, 4.69) is 29.0 Å². The number of fused-ring (bicyclic) bond motifs is 1. The molecule has 5 nitrogen and oxygen atoms in total. The van der Waals surface area contributed by atoms with Crippen LogP contribution in [0.4, 0.5) is 0 Å². The van der Waals surface area contributed by atoms with E-state index in [0.29, 0.717) is 5.92 Å². The zero-order valence-corrected chi connectivity index (χ0v) is 8.96. The Bertz CT molecular complexity index is 448. The number of hydrogen-bond acceptors (Lipinski definition) is 4. The van der Waals surface area contributed by atoms with Gasteiger partial charge in [0.1, 0.15) is 0 Å². The fourth-order valence-electron chi connectivity index (χ4n) is 1.64. The van der Waals surface area contributed by atoms with Gasteiger partial charge in [-0.25, -0.2) is 0 Å². The quantitative estimate of drug-likeness (QED) is 0.816. The van der Waals surface area contributed by atoms with Crippen molar-refractivity contribution in [1.29, 1.82) is 0 Å². The molecule has 80 valence electrons. The standard InChI is InChI=1S/C10H15N5/c1-7(2)5-8(11)10-14-13-9-6-12-3-4-15(9)10/h3-4,6-8H,5,11H2,1-2H3. The molecule has 0 bridgehead atoms. The predicted molar refractivity (Wildman–Crippen MR) is 57.2 cm³/mol. The first-order chi connectivity index (χ1) is 7.18. The topological polar surface area (TPSA) is 69.1 Å². The fourth-order valence-corrected chi connectivity index (χ4v) is 1.64. The summed E-state index contributed by atoms with van der Waals surface area (Å²) in [6.07, 6.45) is 6.13. The van der Waals surface area contributed by atoms with Gasteiger partial charge in [-0.05, 0) is 12.3 Å². The van der Waals surface area contributed by atoms with Gasteiger partial charge in [0, 0.05) is 12.4 Å². The Labute approximate surface area is 88.3 Å². The van der Waals surface area contributed by atoms with Gasteiger partial charge in [-0.15, -0.1) is 10.2 Å². The highest BCUT2D eigenvalue weighted by Crippen LogP contribution is 2.17. The molecule has 0 amide bonds. The van der Waals surface area contributed by atoms with Crippen LogP contribution in [0.5, 0.6) is 0 Å². The van der Waals surface area contributed by atoms with Crippen LogP contribution in [0.1, 0.15) is 32.1 Å². The number of nitrogens with two attached hydrogens (primary N) is 1. The Morgan fingerprint density at radius 2 is 2.20 bits per heavy atom. The Balaban J connectivity index is 2.35. The highest BCUT2D eigenvalue weighted by Gasteiger charge is 2.14. The molecule has 0 radical (unpaired) electrons. The summed E-state index contributed by atoms with van der Waals surface area (Å²) in [6, 6.07) is -0.0672. The number of rotatable bonds is 3. The molecular weight excluding hydrogens is 190 g/mol. The molecule has 0 aliphatic heterocycles. The van der Waals surface area contributed by atoms with Crippen LogP contribution < -0.4 is 5.73 Å². The van der Waals surface area contributed by atoms with E-state index in [0.717, 1.165) is 17.9 Å². The first-order valence-corrected chi connectivity index (χ1v) is 5.08. The number of aromatic nitrogens is 4. The Kier molecular flexibility index (Phi) is 2.64. The third-order valence-electron chi connectivity index (χ3n) is 2.30. The van der Waals surface area contributed by atoms with Crippen LogP contribution in [-0.4, -0.2) is 19.6 Å². The maximum atomic E-state index is 6.06. The first kappa shape index (κ1) is 10.0. The van der Waals surface area contributed by atoms with Crippen LogP contribution in [0.2, 0.25) is 0 Å². The molecule has 2 aromatic rings. The van der Waals surface area contributed by atoms with Crippen molar-refractivity contribution in [2.24, 2.45) is 11.7 Å². The van der Waals surface area contributed by atoms with Gasteiger partial charge in [-0.1, -0.05) is 13.8 Å². The lowest BCUT2D eigenvalue weighted by molar-refractivity contribution is 0.490. The zero-order chi connectivity index (χ0) is 10.8. The summed E-state index contributed by atoms with van der Waals surface area (Å²) in [4.78, 5) is 3.98. The summed E-state index contributed by atoms with van der Waals surface area (Å²) in [5, 5.41) is 8.11. The maximum absolute atomic E-state index is 6.06. The summed E-state index contributed by atoms with van der Waals surface area (Å²) < 4.78 is 1.89. The lowest BCUT2D eigenvalue weighted by Crippen LogP contribution is -2.16. The van der Waals surface area contributed by atoms with Gasteiger partial charge in [0.15, 0.2) is 11.5 Å². The molecule has 1 atom stereocenters. The molecule has 0 saturated heterocycles. The lowest BCUT2D eigenvalue weighted by atomic mass is 10.0. The Hall–Kier alpha value is -1.49. The normalized spacial score (nSPS) is 13.6. The van der Waals surface area contributed by atoms with Crippen molar-refractivity contribution in [2.75, 3.05) is 0 Å². The highest BCUT2D eigenvalue weighted by atomic mass is 15.3.